The largest absolute Gasteiger partial charge is 0.495 e. The van der Waals surface area contributed by atoms with Crippen LogP contribution in [0.15, 0.2) is 90.0 Å². The van der Waals surface area contributed by atoms with E-state index in [-0.39, 0.29) is 28.1 Å². The number of sulfone groups is 1. The number of nitrogens with zero attached hydrogens (tertiary/aromatic N) is 4. The number of hydrogen-bond donors (Lipinski definition) is 3. The first-order valence-corrected chi connectivity index (χ1v) is 17.6. The first-order chi connectivity index (χ1) is 23.1. The Morgan fingerprint density at radius 3 is 2.33 bits per heavy atom. The molecule has 0 spiro atoms. The van der Waals surface area contributed by atoms with Crippen LogP contribution in [0.1, 0.15) is 18.4 Å². The van der Waals surface area contributed by atoms with E-state index in [9.17, 15) is 36.7 Å². The van der Waals surface area contributed by atoms with Gasteiger partial charge in [-0.1, -0.05) is 24.3 Å². The lowest BCUT2D eigenvalue weighted by molar-refractivity contribution is -0.117. The third kappa shape index (κ3) is 8.65. The van der Waals surface area contributed by atoms with Crippen LogP contribution in [0.3, 0.4) is 0 Å². The Balaban J connectivity index is 1.33. The highest BCUT2D eigenvalue weighted by atomic mass is 32.2. The number of ether oxygens (including phenoxy) is 2. The van der Waals surface area contributed by atoms with Crippen molar-refractivity contribution in [2.75, 3.05) is 30.3 Å². The summed E-state index contributed by atoms with van der Waals surface area (Å²) in [4.78, 5) is 49.2. The van der Waals surface area contributed by atoms with Crippen molar-refractivity contribution >= 4 is 46.7 Å². The number of benzene rings is 3. The number of methoxy groups -OCH3 is 1. The van der Waals surface area contributed by atoms with Gasteiger partial charge in [0.25, 0.3) is 0 Å². The Morgan fingerprint density at radius 1 is 1.02 bits per heavy atom. The summed E-state index contributed by atoms with van der Waals surface area (Å²) >= 11 is 0. The molecule has 0 radical (unpaired) electrons. The summed E-state index contributed by atoms with van der Waals surface area (Å²) in [5, 5.41) is 7.01. The number of pyridine rings is 1. The van der Waals surface area contributed by atoms with E-state index in [1.54, 1.807) is 61.7 Å². The minimum atomic E-state index is -5.06. The van der Waals surface area contributed by atoms with E-state index in [0.717, 1.165) is 17.9 Å². The smallest absolute Gasteiger partial charge is 0.471 e. The normalized spacial score (nSPS) is 12.4. The Morgan fingerprint density at radius 2 is 1.69 bits per heavy atom. The van der Waals surface area contributed by atoms with Crippen LogP contribution in [0.25, 0.3) is 16.8 Å². The molecule has 2 heterocycles. The maximum atomic E-state index is 13.3. The highest BCUT2D eigenvalue weighted by molar-refractivity contribution is 7.90. The van der Waals surface area contributed by atoms with Crippen LogP contribution in [0.2, 0.25) is 0 Å². The Kier molecular flexibility index (Phi) is 10.1. The molecular weight excluding hydrogens is 684 g/mol. The summed E-state index contributed by atoms with van der Waals surface area (Å²) < 4.78 is 65.1. The summed E-state index contributed by atoms with van der Waals surface area (Å²) in [7, 11) is -7.52. The molecule has 5 aromatic rings. The molecule has 49 heavy (non-hydrogen) atoms. The lowest BCUT2D eigenvalue weighted by Crippen LogP contribution is -2.36. The molecular formula is C31H29FN5O10PS. The highest BCUT2D eigenvalue weighted by Crippen LogP contribution is 2.38. The number of carbonyl (C=O) groups excluding carboxylic acids is 2. The zero-order valence-corrected chi connectivity index (χ0v) is 27.8. The molecule has 15 nitrogen and oxygen atoms in total. The molecule has 0 fully saturated rings. The van der Waals surface area contributed by atoms with E-state index in [4.69, 9.17) is 9.47 Å². The second kappa shape index (κ2) is 14.1. The Labute approximate surface area is 279 Å². The molecule has 0 aliphatic heterocycles. The summed E-state index contributed by atoms with van der Waals surface area (Å²) in [6.45, 7) is 0.718. The molecule has 0 unspecified atom stereocenters. The van der Waals surface area contributed by atoms with Crippen molar-refractivity contribution in [2.24, 2.45) is 0 Å². The molecule has 2 amide bonds. The van der Waals surface area contributed by atoms with Crippen molar-refractivity contribution in [1.82, 2.24) is 14.6 Å². The summed E-state index contributed by atoms with van der Waals surface area (Å²) in [5.41, 5.74) is 2.84. The Hall–Kier alpha value is -5.19. The van der Waals surface area contributed by atoms with Crippen molar-refractivity contribution in [3.63, 3.8) is 0 Å². The van der Waals surface area contributed by atoms with Crippen molar-refractivity contribution < 1.29 is 50.7 Å². The van der Waals surface area contributed by atoms with E-state index in [0.29, 0.717) is 27.4 Å². The van der Waals surface area contributed by atoms with E-state index in [2.05, 4.69) is 19.9 Å². The van der Waals surface area contributed by atoms with Crippen LogP contribution in [0.4, 0.5) is 20.6 Å². The number of phosphoric acid groups is 1. The fraction of sp³-hybridized carbons (Fsp3) is 0.161. The summed E-state index contributed by atoms with van der Waals surface area (Å²) in [5.74, 6) is -1.29. The van der Waals surface area contributed by atoms with Gasteiger partial charge in [-0.3, -0.25) is 9.32 Å². The number of nitrogens with one attached hydrogen (secondary N) is 1. The molecule has 18 heteroatoms. The third-order valence-electron chi connectivity index (χ3n) is 7.18. The van der Waals surface area contributed by atoms with Gasteiger partial charge in [0, 0.05) is 29.8 Å². The monoisotopic (exact) mass is 713 g/mol. The quantitative estimate of drug-likeness (QED) is 0.125. The number of anilines is 2. The van der Waals surface area contributed by atoms with E-state index in [1.807, 2.05) is 0 Å². The number of rotatable bonds is 11. The molecule has 0 saturated carbocycles. The highest BCUT2D eigenvalue weighted by Gasteiger charge is 2.28. The minimum Gasteiger partial charge on any atom is -0.495 e. The minimum absolute atomic E-state index is 0.121. The summed E-state index contributed by atoms with van der Waals surface area (Å²) in [6, 6.07) is 19.1. The lowest BCUT2D eigenvalue weighted by Gasteiger charge is -2.23. The topological polar surface area (TPSA) is 199 Å². The molecule has 0 bridgehead atoms. The molecule has 2 aromatic heterocycles. The second-order valence-electron chi connectivity index (χ2n) is 10.6. The molecule has 3 N–H and O–H groups in total. The van der Waals surface area contributed by atoms with Gasteiger partial charge in [-0.15, -0.1) is 5.10 Å². The molecule has 0 saturated heterocycles. The van der Waals surface area contributed by atoms with Crippen LogP contribution in [-0.2, 0) is 23.7 Å². The van der Waals surface area contributed by atoms with Crippen molar-refractivity contribution in [2.45, 2.75) is 17.7 Å². The summed E-state index contributed by atoms with van der Waals surface area (Å²) in [6.07, 6.45) is 1.37. The van der Waals surface area contributed by atoms with E-state index < -0.39 is 42.4 Å². The van der Waals surface area contributed by atoms with Crippen molar-refractivity contribution in [3.05, 3.63) is 96.4 Å². The van der Waals surface area contributed by atoms with Gasteiger partial charge < -0.3 is 24.6 Å². The number of hydrogen-bond acceptors (Lipinski definition) is 10. The number of fused-ring (bicyclic) bond motifs is 1. The third-order valence-corrected chi connectivity index (χ3v) is 8.75. The molecule has 0 aliphatic rings. The number of carbonyl (C=O) groups is 2. The van der Waals surface area contributed by atoms with Gasteiger partial charge in [0.15, 0.2) is 15.5 Å². The van der Waals surface area contributed by atoms with Gasteiger partial charge >= 0.3 is 19.9 Å². The SMILES string of the molecule is COc1cc(S(C)(=O)=O)ccc1N(COP(=O)(O)O)C(=O)Oc1nc2ccc(-c3ccc(NC(=O)[C@H](C)c4ccc(F)cc4)cc3)cn2n1. The zero-order valence-electron chi connectivity index (χ0n) is 26.1. The lowest BCUT2D eigenvalue weighted by atomic mass is 10.00. The molecule has 5 rings (SSSR count). The van der Waals surface area contributed by atoms with Crippen LogP contribution < -0.4 is 19.7 Å². The second-order valence-corrected chi connectivity index (χ2v) is 13.9. The van der Waals surface area contributed by atoms with E-state index >= 15 is 0 Å². The fourth-order valence-corrected chi connectivity index (χ4v) is 5.48. The van der Waals surface area contributed by atoms with Gasteiger partial charge in [0.1, 0.15) is 18.3 Å². The van der Waals surface area contributed by atoms with Gasteiger partial charge in [-0.2, -0.15) is 4.98 Å². The van der Waals surface area contributed by atoms with Gasteiger partial charge in [0.2, 0.25) is 5.91 Å². The van der Waals surface area contributed by atoms with Crippen LogP contribution >= 0.6 is 7.82 Å². The predicted octanol–water partition coefficient (Wildman–Crippen LogP) is 4.76. The van der Waals surface area contributed by atoms with Crippen molar-refractivity contribution in [3.8, 4) is 22.9 Å². The molecule has 256 valence electrons. The molecule has 1 atom stereocenters. The average Bonchev–Trinajstić information content (AvgIpc) is 3.45. The standard InChI is InChI=1S/C31H29FN5O10PS/c1-19(20-4-9-23(32)10-5-20)29(38)33-24-11-6-21(7-12-24)22-8-15-28-34-30(35-37(28)17-22)47-31(39)36(18-46-48(40,41)42)26-14-13-25(49(3,43)44)16-27(26)45-2/h4-17,19H,18H2,1-3H3,(H,33,38)(H2,40,41,42)/t19-/m1/s1. The first kappa shape index (κ1) is 35.1. The molecule has 0 aliphatic carbocycles. The maximum absolute atomic E-state index is 13.3. The number of phosphoric ester groups is 1. The van der Waals surface area contributed by atoms with Crippen LogP contribution in [0, 0.1) is 5.82 Å². The average molecular weight is 714 g/mol. The van der Waals surface area contributed by atoms with Gasteiger partial charge in [0.05, 0.1) is 23.6 Å². The zero-order chi connectivity index (χ0) is 35.5. The number of aromatic nitrogens is 3. The van der Waals surface area contributed by atoms with E-state index in [1.165, 1.54) is 35.9 Å². The predicted molar refractivity (Wildman–Crippen MR) is 174 cm³/mol. The van der Waals surface area contributed by atoms with Crippen molar-refractivity contribution in [1.29, 1.82) is 0 Å². The van der Waals surface area contributed by atoms with Gasteiger partial charge in [-0.25, -0.2) is 31.6 Å². The number of amides is 2. The van der Waals surface area contributed by atoms with Crippen LogP contribution in [0.5, 0.6) is 11.8 Å². The van der Waals surface area contributed by atoms with Crippen LogP contribution in [-0.4, -0.2) is 64.9 Å². The number of halogens is 1. The Bertz CT molecular complexity index is 2170. The first-order valence-electron chi connectivity index (χ1n) is 14.2. The fourth-order valence-electron chi connectivity index (χ4n) is 4.57. The molecule has 3 aromatic carbocycles. The maximum Gasteiger partial charge on any atom is 0.471 e. The van der Waals surface area contributed by atoms with Gasteiger partial charge in [-0.05, 0) is 66.6 Å².